The molecule has 0 radical (unpaired) electrons. The van der Waals surface area contributed by atoms with Crippen LogP contribution in [-0.2, 0) is 5.41 Å². The molecule has 1 aromatic carbocycles. The SMILES string of the molecule is Cc1cccc2c1OCCCC2(C)CN. The molecule has 2 N–H and O–H groups in total. The average molecular weight is 205 g/mol. The molecule has 0 bridgehead atoms. The number of fused-ring (bicyclic) bond motifs is 1. The number of aryl methyl sites for hydroxylation is 1. The molecule has 0 saturated heterocycles. The first-order valence-corrected chi connectivity index (χ1v) is 5.60. The van der Waals surface area contributed by atoms with Crippen LogP contribution in [0.15, 0.2) is 18.2 Å². The van der Waals surface area contributed by atoms with Crippen molar-refractivity contribution in [1.82, 2.24) is 0 Å². The minimum atomic E-state index is 0.0812. The van der Waals surface area contributed by atoms with E-state index in [0.29, 0.717) is 6.54 Å². The van der Waals surface area contributed by atoms with Gasteiger partial charge in [0.2, 0.25) is 0 Å². The lowest BCUT2D eigenvalue weighted by atomic mass is 9.78. The zero-order valence-corrected chi connectivity index (χ0v) is 9.55. The highest BCUT2D eigenvalue weighted by atomic mass is 16.5. The molecule has 0 fully saturated rings. The smallest absolute Gasteiger partial charge is 0.125 e. The molecule has 1 aromatic rings. The minimum absolute atomic E-state index is 0.0812. The lowest BCUT2D eigenvalue weighted by Gasteiger charge is -2.28. The number of rotatable bonds is 1. The Morgan fingerprint density at radius 1 is 1.47 bits per heavy atom. The van der Waals surface area contributed by atoms with Crippen LogP contribution in [0.2, 0.25) is 0 Å². The second kappa shape index (κ2) is 3.86. The Balaban J connectivity index is 2.55. The van der Waals surface area contributed by atoms with Crippen LogP contribution in [0.25, 0.3) is 0 Å². The molecule has 1 unspecified atom stereocenters. The molecule has 2 nitrogen and oxygen atoms in total. The molecule has 1 heterocycles. The predicted molar refractivity (Wildman–Crippen MR) is 62.3 cm³/mol. The number of ether oxygens (including phenoxy) is 1. The highest BCUT2D eigenvalue weighted by Gasteiger charge is 2.30. The maximum Gasteiger partial charge on any atom is 0.125 e. The van der Waals surface area contributed by atoms with Crippen LogP contribution in [0.1, 0.15) is 30.9 Å². The van der Waals surface area contributed by atoms with Gasteiger partial charge in [-0.3, -0.25) is 0 Å². The van der Waals surface area contributed by atoms with Gasteiger partial charge in [-0.1, -0.05) is 25.1 Å². The zero-order chi connectivity index (χ0) is 10.9. The first kappa shape index (κ1) is 10.5. The van der Waals surface area contributed by atoms with Crippen molar-refractivity contribution in [3.8, 4) is 5.75 Å². The predicted octanol–water partition coefficient (Wildman–Crippen LogP) is 2.38. The third-order valence-corrected chi connectivity index (χ3v) is 3.43. The van der Waals surface area contributed by atoms with Gasteiger partial charge in [-0.05, 0) is 25.3 Å². The van der Waals surface area contributed by atoms with E-state index < -0.39 is 0 Å². The van der Waals surface area contributed by atoms with Crippen LogP contribution < -0.4 is 10.5 Å². The average Bonchev–Trinajstić information content (AvgIpc) is 2.41. The summed E-state index contributed by atoms with van der Waals surface area (Å²) in [5.41, 5.74) is 8.49. The van der Waals surface area contributed by atoms with E-state index in [4.69, 9.17) is 10.5 Å². The number of hydrogen-bond donors (Lipinski definition) is 1. The first-order chi connectivity index (χ1) is 7.17. The summed E-state index contributed by atoms with van der Waals surface area (Å²) in [4.78, 5) is 0. The monoisotopic (exact) mass is 205 g/mol. The maximum atomic E-state index is 5.92. The summed E-state index contributed by atoms with van der Waals surface area (Å²) in [6.45, 7) is 5.83. The second-order valence-corrected chi connectivity index (χ2v) is 4.67. The Morgan fingerprint density at radius 3 is 3.00 bits per heavy atom. The number of benzene rings is 1. The van der Waals surface area contributed by atoms with Crippen molar-refractivity contribution in [3.05, 3.63) is 29.3 Å². The van der Waals surface area contributed by atoms with E-state index in [0.717, 1.165) is 25.2 Å². The summed E-state index contributed by atoms with van der Waals surface area (Å²) >= 11 is 0. The molecule has 82 valence electrons. The number of hydrogen-bond acceptors (Lipinski definition) is 2. The van der Waals surface area contributed by atoms with E-state index >= 15 is 0 Å². The summed E-state index contributed by atoms with van der Waals surface area (Å²) in [5.74, 6) is 1.06. The van der Waals surface area contributed by atoms with E-state index in [1.54, 1.807) is 0 Å². The summed E-state index contributed by atoms with van der Waals surface area (Å²) in [6, 6.07) is 6.35. The van der Waals surface area contributed by atoms with Gasteiger partial charge in [0.15, 0.2) is 0 Å². The molecule has 0 aromatic heterocycles. The van der Waals surface area contributed by atoms with E-state index in [-0.39, 0.29) is 5.41 Å². The van der Waals surface area contributed by atoms with Crippen molar-refractivity contribution in [3.63, 3.8) is 0 Å². The van der Waals surface area contributed by atoms with E-state index in [1.165, 1.54) is 11.1 Å². The molecule has 0 aliphatic carbocycles. The van der Waals surface area contributed by atoms with Crippen LogP contribution >= 0.6 is 0 Å². The number of para-hydroxylation sites is 1. The van der Waals surface area contributed by atoms with Crippen LogP contribution in [-0.4, -0.2) is 13.2 Å². The van der Waals surface area contributed by atoms with E-state index in [9.17, 15) is 0 Å². The molecule has 0 amide bonds. The van der Waals surface area contributed by atoms with Crippen LogP contribution in [0.3, 0.4) is 0 Å². The Kier molecular flexibility index (Phi) is 2.70. The van der Waals surface area contributed by atoms with Gasteiger partial charge in [-0.25, -0.2) is 0 Å². The quantitative estimate of drug-likeness (QED) is 0.764. The first-order valence-electron chi connectivity index (χ1n) is 5.60. The normalized spacial score (nSPS) is 25.3. The Labute approximate surface area is 91.4 Å². The molecule has 1 aliphatic rings. The van der Waals surface area contributed by atoms with Crippen LogP contribution in [0.4, 0.5) is 0 Å². The van der Waals surface area contributed by atoms with Crippen molar-refractivity contribution in [2.45, 2.75) is 32.1 Å². The van der Waals surface area contributed by atoms with Crippen molar-refractivity contribution in [2.75, 3.05) is 13.2 Å². The third-order valence-electron chi connectivity index (χ3n) is 3.43. The van der Waals surface area contributed by atoms with Crippen molar-refractivity contribution in [2.24, 2.45) is 5.73 Å². The second-order valence-electron chi connectivity index (χ2n) is 4.67. The molecule has 0 saturated carbocycles. The zero-order valence-electron chi connectivity index (χ0n) is 9.55. The minimum Gasteiger partial charge on any atom is -0.493 e. The van der Waals surface area contributed by atoms with Gasteiger partial charge >= 0.3 is 0 Å². The van der Waals surface area contributed by atoms with Gasteiger partial charge in [0.05, 0.1) is 6.61 Å². The summed E-state index contributed by atoms with van der Waals surface area (Å²) in [6.07, 6.45) is 2.20. The van der Waals surface area contributed by atoms with Gasteiger partial charge < -0.3 is 10.5 Å². The van der Waals surface area contributed by atoms with Crippen LogP contribution in [0, 0.1) is 6.92 Å². The third kappa shape index (κ3) is 1.74. The fourth-order valence-electron chi connectivity index (χ4n) is 2.30. The lowest BCUT2D eigenvalue weighted by Crippen LogP contribution is -2.31. The van der Waals surface area contributed by atoms with Gasteiger partial charge in [0.1, 0.15) is 5.75 Å². The Bertz CT molecular complexity index is 362. The fourth-order valence-corrected chi connectivity index (χ4v) is 2.30. The van der Waals surface area contributed by atoms with Crippen LogP contribution in [0.5, 0.6) is 5.75 Å². The lowest BCUT2D eigenvalue weighted by molar-refractivity contribution is 0.311. The standard InChI is InChI=1S/C13H19NO/c1-10-5-3-6-11-12(10)15-8-4-7-13(11,2)9-14/h3,5-6H,4,7-9,14H2,1-2H3. The Morgan fingerprint density at radius 2 is 2.27 bits per heavy atom. The molecular weight excluding hydrogens is 186 g/mol. The Hall–Kier alpha value is -1.02. The molecule has 15 heavy (non-hydrogen) atoms. The topological polar surface area (TPSA) is 35.2 Å². The maximum absolute atomic E-state index is 5.92. The van der Waals surface area contributed by atoms with Crippen molar-refractivity contribution >= 4 is 0 Å². The molecule has 2 heteroatoms. The van der Waals surface area contributed by atoms with E-state index in [1.807, 2.05) is 0 Å². The van der Waals surface area contributed by atoms with Gasteiger partial charge in [0, 0.05) is 17.5 Å². The van der Waals surface area contributed by atoms with Gasteiger partial charge in [-0.2, -0.15) is 0 Å². The van der Waals surface area contributed by atoms with E-state index in [2.05, 4.69) is 32.0 Å². The molecular formula is C13H19NO. The highest BCUT2D eigenvalue weighted by molar-refractivity contribution is 5.45. The summed E-state index contributed by atoms with van der Waals surface area (Å²) in [7, 11) is 0. The van der Waals surface area contributed by atoms with Crippen molar-refractivity contribution in [1.29, 1.82) is 0 Å². The molecule has 1 aliphatic heterocycles. The summed E-state index contributed by atoms with van der Waals surface area (Å²) in [5, 5.41) is 0. The van der Waals surface area contributed by atoms with Gasteiger partial charge in [-0.15, -0.1) is 0 Å². The largest absolute Gasteiger partial charge is 0.493 e. The number of nitrogens with two attached hydrogens (primary N) is 1. The van der Waals surface area contributed by atoms with Gasteiger partial charge in [0.25, 0.3) is 0 Å². The van der Waals surface area contributed by atoms with Crippen molar-refractivity contribution < 1.29 is 4.74 Å². The fraction of sp³-hybridized carbons (Fsp3) is 0.538. The highest BCUT2D eigenvalue weighted by Crippen LogP contribution is 2.39. The molecule has 1 atom stereocenters. The molecule has 2 rings (SSSR count). The molecule has 0 spiro atoms. The summed E-state index contributed by atoms with van der Waals surface area (Å²) < 4.78 is 5.82.